The number of nitrogens with one attached hydrogen (secondary N) is 3. The van der Waals surface area contributed by atoms with Crippen molar-refractivity contribution in [3.8, 4) is 5.75 Å². The molecule has 28 heavy (non-hydrogen) atoms. The molecule has 148 valence electrons. The topological polar surface area (TPSA) is 96.5 Å². The van der Waals surface area contributed by atoms with Crippen molar-refractivity contribution in [3.63, 3.8) is 0 Å². The molecule has 7 heteroatoms. The summed E-state index contributed by atoms with van der Waals surface area (Å²) in [5, 5.41) is 8.15. The Labute approximate surface area is 164 Å². The fraction of sp³-hybridized carbons (Fsp3) is 0.286. The third kappa shape index (κ3) is 5.57. The molecular weight excluding hydrogens is 358 g/mol. The van der Waals surface area contributed by atoms with Gasteiger partial charge in [-0.15, -0.1) is 0 Å². The summed E-state index contributed by atoms with van der Waals surface area (Å²) in [4.78, 5) is 36.3. The summed E-state index contributed by atoms with van der Waals surface area (Å²) in [5.41, 5.74) is 0.670. The molecular formula is C21H25N3O4. The first-order valence-electron chi connectivity index (χ1n) is 8.82. The average Bonchev–Trinajstić information content (AvgIpc) is 2.66. The number of rotatable bonds is 7. The summed E-state index contributed by atoms with van der Waals surface area (Å²) in [6, 6.07) is 14.0. The number of methoxy groups -OCH3 is 1. The average molecular weight is 383 g/mol. The monoisotopic (exact) mass is 383 g/mol. The highest BCUT2D eigenvalue weighted by molar-refractivity contribution is 6.10. The van der Waals surface area contributed by atoms with E-state index in [9.17, 15) is 14.4 Å². The molecule has 2 aromatic carbocycles. The van der Waals surface area contributed by atoms with Gasteiger partial charge in [-0.05, 0) is 49.7 Å². The number of carbonyl (C=O) groups excluding carboxylic acids is 3. The summed E-state index contributed by atoms with van der Waals surface area (Å²) < 4.78 is 5.10. The van der Waals surface area contributed by atoms with E-state index in [2.05, 4.69) is 16.0 Å². The maximum Gasteiger partial charge on any atom is 0.239 e. The van der Waals surface area contributed by atoms with Crippen molar-refractivity contribution in [2.24, 2.45) is 5.41 Å². The Morgan fingerprint density at radius 2 is 1.54 bits per heavy atom. The van der Waals surface area contributed by atoms with Crippen LogP contribution in [-0.2, 0) is 20.9 Å². The lowest BCUT2D eigenvalue weighted by Gasteiger charge is -2.23. The highest BCUT2D eigenvalue weighted by atomic mass is 16.5. The Morgan fingerprint density at radius 3 is 2.11 bits per heavy atom. The quantitative estimate of drug-likeness (QED) is 0.641. The van der Waals surface area contributed by atoms with E-state index in [0.29, 0.717) is 17.9 Å². The minimum absolute atomic E-state index is 0.207. The second kappa shape index (κ2) is 9.03. The molecule has 0 bridgehead atoms. The molecule has 7 nitrogen and oxygen atoms in total. The predicted molar refractivity (Wildman–Crippen MR) is 108 cm³/mol. The molecule has 2 aromatic rings. The minimum Gasteiger partial charge on any atom is -0.497 e. The van der Waals surface area contributed by atoms with Gasteiger partial charge in [-0.3, -0.25) is 14.4 Å². The summed E-state index contributed by atoms with van der Waals surface area (Å²) in [7, 11) is 1.59. The Hall–Kier alpha value is -3.35. The molecule has 3 N–H and O–H groups in total. The number of anilines is 2. The van der Waals surface area contributed by atoms with E-state index < -0.39 is 11.3 Å². The third-order valence-electron chi connectivity index (χ3n) is 4.19. The van der Waals surface area contributed by atoms with Gasteiger partial charge in [0.1, 0.15) is 11.2 Å². The first kappa shape index (κ1) is 21.0. The third-order valence-corrected chi connectivity index (χ3v) is 4.19. The van der Waals surface area contributed by atoms with E-state index >= 15 is 0 Å². The summed E-state index contributed by atoms with van der Waals surface area (Å²) >= 11 is 0. The van der Waals surface area contributed by atoms with Gasteiger partial charge in [-0.2, -0.15) is 0 Å². The Morgan fingerprint density at radius 1 is 0.929 bits per heavy atom. The molecule has 2 rings (SSSR count). The van der Waals surface area contributed by atoms with Gasteiger partial charge in [-0.25, -0.2) is 0 Å². The molecule has 0 aromatic heterocycles. The molecule has 0 aliphatic rings. The van der Waals surface area contributed by atoms with Crippen LogP contribution in [0.2, 0.25) is 0 Å². The highest BCUT2D eigenvalue weighted by Gasteiger charge is 2.36. The van der Waals surface area contributed by atoms with Gasteiger partial charge < -0.3 is 20.7 Å². The lowest BCUT2D eigenvalue weighted by atomic mass is 9.90. The molecule has 0 radical (unpaired) electrons. The van der Waals surface area contributed by atoms with Crippen LogP contribution in [0.1, 0.15) is 26.3 Å². The molecule has 0 fully saturated rings. The van der Waals surface area contributed by atoms with Gasteiger partial charge in [0.05, 0.1) is 7.11 Å². The lowest BCUT2D eigenvalue weighted by molar-refractivity contribution is -0.138. The second-order valence-electron chi connectivity index (χ2n) is 6.87. The fourth-order valence-corrected chi connectivity index (χ4v) is 2.42. The molecule has 0 heterocycles. The van der Waals surface area contributed by atoms with Crippen LogP contribution in [0, 0.1) is 5.41 Å². The molecule has 0 saturated heterocycles. The van der Waals surface area contributed by atoms with E-state index in [0.717, 1.165) is 11.3 Å². The Balaban J connectivity index is 1.98. The zero-order chi connectivity index (χ0) is 20.7. The van der Waals surface area contributed by atoms with Crippen LogP contribution in [-0.4, -0.2) is 24.8 Å². The summed E-state index contributed by atoms with van der Waals surface area (Å²) in [6.07, 6.45) is 0. The zero-order valence-electron chi connectivity index (χ0n) is 16.5. The first-order chi connectivity index (χ1) is 13.2. The van der Waals surface area contributed by atoms with Crippen LogP contribution in [0.5, 0.6) is 5.75 Å². The normalized spacial score (nSPS) is 10.7. The van der Waals surface area contributed by atoms with E-state index in [-0.39, 0.29) is 11.8 Å². The number of hydrogen-bond donors (Lipinski definition) is 3. The molecule has 0 unspecified atom stereocenters. The van der Waals surface area contributed by atoms with Gasteiger partial charge in [0.15, 0.2) is 0 Å². The van der Waals surface area contributed by atoms with Crippen LogP contribution < -0.4 is 20.7 Å². The largest absolute Gasteiger partial charge is 0.497 e. The van der Waals surface area contributed by atoms with Crippen LogP contribution in [0.4, 0.5) is 11.4 Å². The number of carbonyl (C=O) groups is 3. The molecule has 0 saturated carbocycles. The van der Waals surface area contributed by atoms with E-state index in [1.165, 1.54) is 6.92 Å². The maximum absolute atomic E-state index is 12.6. The zero-order valence-corrected chi connectivity index (χ0v) is 16.5. The van der Waals surface area contributed by atoms with E-state index in [4.69, 9.17) is 4.74 Å². The van der Waals surface area contributed by atoms with Gasteiger partial charge in [-0.1, -0.05) is 18.2 Å². The number of ether oxygens (including phenoxy) is 1. The fourth-order valence-electron chi connectivity index (χ4n) is 2.42. The van der Waals surface area contributed by atoms with E-state index in [1.54, 1.807) is 57.4 Å². The standard InChI is InChI=1S/C21H25N3O4/c1-14(25)23-16-6-5-7-17(12-16)24-20(27)21(2,3)19(26)22-13-15-8-10-18(28-4)11-9-15/h5-12H,13H2,1-4H3,(H,22,26)(H,23,25)(H,24,27). The van der Waals surface area contributed by atoms with Crippen LogP contribution >= 0.6 is 0 Å². The van der Waals surface area contributed by atoms with Crippen molar-refractivity contribution in [1.29, 1.82) is 0 Å². The van der Waals surface area contributed by atoms with Crippen LogP contribution in [0.3, 0.4) is 0 Å². The number of amides is 3. The van der Waals surface area contributed by atoms with Gasteiger partial charge in [0.2, 0.25) is 17.7 Å². The van der Waals surface area contributed by atoms with Crippen molar-refractivity contribution in [2.45, 2.75) is 27.3 Å². The summed E-state index contributed by atoms with van der Waals surface area (Å²) in [5.74, 6) is -0.309. The highest BCUT2D eigenvalue weighted by Crippen LogP contribution is 2.21. The molecule has 0 aliphatic carbocycles. The maximum atomic E-state index is 12.6. The Kier molecular flexibility index (Phi) is 6.76. The molecule has 3 amide bonds. The first-order valence-corrected chi connectivity index (χ1v) is 8.82. The van der Waals surface area contributed by atoms with Crippen molar-refractivity contribution in [3.05, 3.63) is 54.1 Å². The lowest BCUT2D eigenvalue weighted by Crippen LogP contribution is -2.44. The Bertz CT molecular complexity index is 860. The van der Waals surface area contributed by atoms with Crippen molar-refractivity contribution in [2.75, 3.05) is 17.7 Å². The second-order valence-corrected chi connectivity index (χ2v) is 6.87. The van der Waals surface area contributed by atoms with Gasteiger partial charge >= 0.3 is 0 Å². The smallest absolute Gasteiger partial charge is 0.239 e. The van der Waals surface area contributed by atoms with E-state index in [1.807, 2.05) is 12.1 Å². The van der Waals surface area contributed by atoms with Crippen molar-refractivity contribution >= 4 is 29.1 Å². The summed E-state index contributed by atoms with van der Waals surface area (Å²) in [6.45, 7) is 4.83. The number of hydrogen-bond acceptors (Lipinski definition) is 4. The van der Waals surface area contributed by atoms with Gasteiger partial charge in [0.25, 0.3) is 0 Å². The number of benzene rings is 2. The molecule has 0 atom stereocenters. The minimum atomic E-state index is -1.28. The van der Waals surface area contributed by atoms with Crippen LogP contribution in [0.25, 0.3) is 0 Å². The molecule has 0 spiro atoms. The van der Waals surface area contributed by atoms with Crippen LogP contribution in [0.15, 0.2) is 48.5 Å². The van der Waals surface area contributed by atoms with Crippen molar-refractivity contribution < 1.29 is 19.1 Å². The molecule has 0 aliphatic heterocycles. The van der Waals surface area contributed by atoms with Crippen molar-refractivity contribution in [1.82, 2.24) is 5.32 Å². The van der Waals surface area contributed by atoms with Gasteiger partial charge in [0, 0.05) is 24.8 Å². The SMILES string of the molecule is COc1ccc(CNC(=O)C(C)(C)C(=O)Nc2cccc(NC(C)=O)c2)cc1. The predicted octanol–water partition coefficient (Wildman–Crippen LogP) is 2.93.